The fraction of sp³-hybridized carbons (Fsp3) is 0.600. The molecule has 4 heteroatoms. The minimum absolute atomic E-state index is 0.201. The van der Waals surface area contributed by atoms with E-state index in [1.54, 1.807) is 6.20 Å². The molecule has 1 aromatic rings. The van der Waals surface area contributed by atoms with Crippen LogP contribution in [-0.2, 0) is 0 Å². The van der Waals surface area contributed by atoms with Crippen LogP contribution in [0.5, 0.6) is 0 Å². The smallest absolute Gasteiger partial charge is 0.208 e. The Bertz CT molecular complexity index is 297. The molecule has 0 saturated heterocycles. The molecule has 2 atom stereocenters. The summed E-state index contributed by atoms with van der Waals surface area (Å²) in [6.45, 7) is 0. The van der Waals surface area contributed by atoms with Crippen molar-refractivity contribution in [3.8, 4) is 0 Å². The molecule has 2 unspecified atom stereocenters. The number of aliphatic hydroxyl groups is 1. The summed E-state index contributed by atoms with van der Waals surface area (Å²) in [4.78, 5) is 8.33. The number of rotatable bonds is 2. The van der Waals surface area contributed by atoms with Crippen LogP contribution < -0.4 is 0 Å². The predicted molar refractivity (Wildman–Crippen MR) is 58.2 cm³/mol. The quantitative estimate of drug-likeness (QED) is 0.762. The normalized spacial score (nSPS) is 28.4. The van der Waals surface area contributed by atoms with E-state index < -0.39 is 0 Å². The lowest BCUT2D eigenvalue weighted by molar-refractivity contribution is 0.103. The largest absolute Gasteiger partial charge is 0.392 e. The van der Waals surface area contributed by atoms with Crippen LogP contribution in [0.3, 0.4) is 0 Å². The molecule has 1 aliphatic carbocycles. The first kappa shape index (κ1) is 9.80. The Kier molecular flexibility index (Phi) is 3.26. The summed E-state index contributed by atoms with van der Waals surface area (Å²) in [5.41, 5.74) is 0. The molecule has 1 N–H and O–H groups in total. The number of aliphatic hydroxyl groups excluding tert-OH is 1. The first-order valence-corrected chi connectivity index (χ1v) is 5.86. The van der Waals surface area contributed by atoms with Gasteiger partial charge in [0.25, 0.3) is 0 Å². The average Bonchev–Trinajstić information content (AvgIpc) is 2.69. The van der Waals surface area contributed by atoms with Crippen molar-refractivity contribution >= 4 is 22.7 Å². The van der Waals surface area contributed by atoms with Crippen LogP contribution in [0.2, 0.25) is 0 Å². The first-order chi connectivity index (χ1) is 6.86. The maximum Gasteiger partial charge on any atom is 0.208 e. The summed E-state index contributed by atoms with van der Waals surface area (Å²) in [6, 6.07) is 0. The maximum absolute atomic E-state index is 9.69. The van der Waals surface area contributed by atoms with E-state index in [0.717, 1.165) is 24.4 Å². The number of hydrogen-bond acceptors (Lipinski definition) is 4. The van der Waals surface area contributed by atoms with Crippen LogP contribution in [0, 0.1) is 5.92 Å². The zero-order valence-corrected chi connectivity index (χ0v) is 8.78. The van der Waals surface area contributed by atoms with E-state index in [1.165, 1.54) is 17.8 Å². The molecule has 1 fully saturated rings. The minimum Gasteiger partial charge on any atom is -0.392 e. The fourth-order valence-electron chi connectivity index (χ4n) is 1.75. The van der Waals surface area contributed by atoms with Gasteiger partial charge in [0.05, 0.1) is 6.10 Å². The van der Waals surface area contributed by atoms with Gasteiger partial charge < -0.3 is 5.11 Å². The summed E-state index contributed by atoms with van der Waals surface area (Å²) in [5.74, 6) is 0.229. The summed E-state index contributed by atoms with van der Waals surface area (Å²) < 4.78 is 0. The van der Waals surface area contributed by atoms with Gasteiger partial charge in [-0.2, -0.15) is 0 Å². The molecule has 0 radical (unpaired) electrons. The summed E-state index contributed by atoms with van der Waals surface area (Å²) in [5, 5.41) is 12.4. The van der Waals surface area contributed by atoms with Gasteiger partial charge in [-0.25, -0.2) is 9.98 Å². The molecule has 0 aromatic carbocycles. The molecular weight excluding hydrogens is 196 g/mol. The molecule has 1 heterocycles. The third-order valence-corrected chi connectivity index (χ3v) is 3.26. The van der Waals surface area contributed by atoms with E-state index in [4.69, 9.17) is 0 Å². The van der Waals surface area contributed by atoms with Gasteiger partial charge in [-0.1, -0.05) is 12.8 Å². The van der Waals surface area contributed by atoms with Crippen LogP contribution in [0.1, 0.15) is 25.7 Å². The summed E-state index contributed by atoms with van der Waals surface area (Å²) >= 11 is 1.52. The predicted octanol–water partition coefficient (Wildman–Crippen LogP) is 2.40. The molecule has 0 amide bonds. The van der Waals surface area contributed by atoms with Gasteiger partial charge >= 0.3 is 0 Å². The Hall–Kier alpha value is -0.740. The fourth-order valence-corrected chi connectivity index (χ4v) is 2.24. The molecular formula is C10H14N2OS. The van der Waals surface area contributed by atoms with E-state index in [-0.39, 0.29) is 12.0 Å². The van der Waals surface area contributed by atoms with E-state index in [1.807, 2.05) is 11.6 Å². The number of aromatic nitrogens is 1. The molecule has 1 aromatic heterocycles. The molecule has 0 spiro atoms. The average molecular weight is 210 g/mol. The van der Waals surface area contributed by atoms with E-state index in [0.29, 0.717) is 0 Å². The monoisotopic (exact) mass is 210 g/mol. The van der Waals surface area contributed by atoms with Crippen molar-refractivity contribution in [2.75, 3.05) is 0 Å². The molecule has 1 saturated carbocycles. The van der Waals surface area contributed by atoms with Crippen molar-refractivity contribution < 1.29 is 5.11 Å². The van der Waals surface area contributed by atoms with Gasteiger partial charge in [-0.3, -0.25) is 0 Å². The molecule has 3 nitrogen and oxygen atoms in total. The van der Waals surface area contributed by atoms with Crippen LogP contribution in [-0.4, -0.2) is 22.4 Å². The second kappa shape index (κ2) is 4.66. The highest BCUT2D eigenvalue weighted by molar-refractivity contribution is 7.13. The van der Waals surface area contributed by atoms with Gasteiger partial charge in [0.15, 0.2) is 0 Å². The Morgan fingerprint density at radius 1 is 1.50 bits per heavy atom. The lowest BCUT2D eigenvalue weighted by atomic mass is 9.87. The number of hydrogen-bond donors (Lipinski definition) is 1. The van der Waals surface area contributed by atoms with Crippen LogP contribution >= 0.6 is 11.3 Å². The standard InChI is InChI=1S/C10H14N2OS/c13-9-4-2-1-3-8(9)7-12-10-11-5-6-14-10/h5-9,13H,1-4H2/b12-7+. The Balaban J connectivity index is 1.95. The number of aliphatic imine (C=N–C) groups is 1. The number of nitrogens with zero attached hydrogens (tertiary/aromatic N) is 2. The second-order valence-corrected chi connectivity index (χ2v) is 4.48. The zero-order chi connectivity index (χ0) is 9.80. The molecule has 1 aliphatic rings. The van der Waals surface area contributed by atoms with Gasteiger partial charge in [-0.15, -0.1) is 11.3 Å². The summed E-state index contributed by atoms with van der Waals surface area (Å²) in [7, 11) is 0. The van der Waals surface area contributed by atoms with Gasteiger partial charge in [0.2, 0.25) is 5.13 Å². The Labute approximate surface area is 87.5 Å². The number of thiazole rings is 1. The van der Waals surface area contributed by atoms with E-state index in [2.05, 4.69) is 9.98 Å². The van der Waals surface area contributed by atoms with Crippen molar-refractivity contribution in [3.05, 3.63) is 11.6 Å². The van der Waals surface area contributed by atoms with Crippen molar-refractivity contribution in [1.82, 2.24) is 4.98 Å². The Morgan fingerprint density at radius 2 is 2.36 bits per heavy atom. The van der Waals surface area contributed by atoms with Gasteiger partial charge in [0, 0.05) is 23.7 Å². The zero-order valence-electron chi connectivity index (χ0n) is 7.97. The SMILES string of the molecule is OC1CCCCC1/C=N/c1nccs1. The topological polar surface area (TPSA) is 45.5 Å². The highest BCUT2D eigenvalue weighted by Gasteiger charge is 2.20. The third-order valence-electron chi connectivity index (χ3n) is 2.58. The minimum atomic E-state index is -0.201. The lowest BCUT2D eigenvalue weighted by Crippen LogP contribution is -2.25. The Morgan fingerprint density at radius 3 is 3.07 bits per heavy atom. The lowest BCUT2D eigenvalue weighted by Gasteiger charge is -2.23. The van der Waals surface area contributed by atoms with Crippen molar-refractivity contribution in [2.24, 2.45) is 10.9 Å². The van der Waals surface area contributed by atoms with E-state index >= 15 is 0 Å². The third kappa shape index (κ3) is 2.39. The van der Waals surface area contributed by atoms with Crippen molar-refractivity contribution in [2.45, 2.75) is 31.8 Å². The second-order valence-electron chi connectivity index (χ2n) is 3.61. The van der Waals surface area contributed by atoms with Gasteiger partial charge in [-0.05, 0) is 12.8 Å². The maximum atomic E-state index is 9.69. The van der Waals surface area contributed by atoms with Crippen LogP contribution in [0.15, 0.2) is 16.6 Å². The molecule has 76 valence electrons. The van der Waals surface area contributed by atoms with Crippen LogP contribution in [0.25, 0.3) is 0 Å². The van der Waals surface area contributed by atoms with Crippen molar-refractivity contribution in [1.29, 1.82) is 0 Å². The highest BCUT2D eigenvalue weighted by atomic mass is 32.1. The van der Waals surface area contributed by atoms with Crippen LogP contribution in [0.4, 0.5) is 5.13 Å². The van der Waals surface area contributed by atoms with Gasteiger partial charge in [0.1, 0.15) is 0 Å². The molecule has 14 heavy (non-hydrogen) atoms. The first-order valence-electron chi connectivity index (χ1n) is 4.98. The van der Waals surface area contributed by atoms with E-state index in [9.17, 15) is 5.11 Å². The molecule has 0 aliphatic heterocycles. The van der Waals surface area contributed by atoms with Crippen molar-refractivity contribution in [3.63, 3.8) is 0 Å². The summed E-state index contributed by atoms with van der Waals surface area (Å²) in [6.07, 6.45) is 7.71. The molecule has 0 bridgehead atoms. The highest BCUT2D eigenvalue weighted by Crippen LogP contribution is 2.24. The molecule has 2 rings (SSSR count).